The fourth-order valence-electron chi connectivity index (χ4n) is 2.39. The molecule has 0 aliphatic carbocycles. The number of imidazole rings is 1. The predicted octanol–water partition coefficient (Wildman–Crippen LogP) is 3.58. The number of ketones is 1. The Morgan fingerprint density at radius 1 is 1.13 bits per heavy atom. The number of Topliss-reactive ketones (excluding diaryl/α,β-unsaturated/α-hetero) is 1. The van der Waals surface area contributed by atoms with Gasteiger partial charge in [-0.2, -0.15) is 0 Å². The van der Waals surface area contributed by atoms with Crippen molar-refractivity contribution in [3.05, 3.63) is 59.4 Å². The van der Waals surface area contributed by atoms with Crippen molar-refractivity contribution >= 4 is 28.4 Å². The van der Waals surface area contributed by atoms with Crippen LogP contribution in [-0.4, -0.2) is 21.7 Å². The summed E-state index contributed by atoms with van der Waals surface area (Å²) in [6.07, 6.45) is 0.814. The molecule has 5 heteroatoms. The summed E-state index contributed by atoms with van der Waals surface area (Å²) in [7, 11) is 0. The first kappa shape index (κ1) is 15.0. The molecule has 1 amide bonds. The van der Waals surface area contributed by atoms with Crippen molar-refractivity contribution in [1.29, 1.82) is 0 Å². The maximum absolute atomic E-state index is 12.4. The molecule has 0 aliphatic rings. The molecule has 0 atom stereocenters. The topological polar surface area (TPSA) is 74.8 Å². The number of amides is 1. The van der Waals surface area contributed by atoms with Gasteiger partial charge in [-0.25, -0.2) is 4.98 Å². The number of rotatable bonds is 4. The molecule has 116 valence electrons. The second-order valence-corrected chi connectivity index (χ2v) is 5.36. The lowest BCUT2D eigenvalue weighted by Gasteiger charge is -2.06. The van der Waals surface area contributed by atoms with Crippen LogP contribution in [-0.2, 0) is 6.42 Å². The number of nitrogens with zero attached hydrogens (tertiary/aromatic N) is 1. The highest BCUT2D eigenvalue weighted by atomic mass is 16.1. The van der Waals surface area contributed by atoms with E-state index in [1.165, 1.54) is 6.92 Å². The SMILES string of the molecule is CCc1nc2ccc(C(=O)Nc3cccc(C(C)=O)c3)cc2[nH]1. The number of anilines is 1. The molecule has 0 radical (unpaired) electrons. The molecule has 3 aromatic rings. The highest BCUT2D eigenvalue weighted by Gasteiger charge is 2.10. The maximum Gasteiger partial charge on any atom is 0.255 e. The molecular formula is C18H17N3O2. The summed E-state index contributed by atoms with van der Waals surface area (Å²) >= 11 is 0. The van der Waals surface area contributed by atoms with Gasteiger partial charge in [0.05, 0.1) is 11.0 Å². The average molecular weight is 307 g/mol. The van der Waals surface area contributed by atoms with E-state index in [1.54, 1.807) is 36.4 Å². The molecule has 5 nitrogen and oxygen atoms in total. The van der Waals surface area contributed by atoms with E-state index in [-0.39, 0.29) is 11.7 Å². The molecule has 2 N–H and O–H groups in total. The fourth-order valence-corrected chi connectivity index (χ4v) is 2.39. The van der Waals surface area contributed by atoms with E-state index in [9.17, 15) is 9.59 Å². The van der Waals surface area contributed by atoms with Gasteiger partial charge < -0.3 is 10.3 Å². The Morgan fingerprint density at radius 3 is 2.70 bits per heavy atom. The number of H-pyrrole nitrogens is 1. The van der Waals surface area contributed by atoms with Gasteiger partial charge in [0, 0.05) is 23.2 Å². The summed E-state index contributed by atoms with van der Waals surface area (Å²) in [6, 6.07) is 12.3. The van der Waals surface area contributed by atoms with Gasteiger partial charge in [-0.1, -0.05) is 19.1 Å². The van der Waals surface area contributed by atoms with Gasteiger partial charge in [0.15, 0.2) is 5.78 Å². The van der Waals surface area contributed by atoms with Crippen LogP contribution in [0.25, 0.3) is 11.0 Å². The van der Waals surface area contributed by atoms with Crippen molar-refractivity contribution < 1.29 is 9.59 Å². The van der Waals surface area contributed by atoms with Gasteiger partial charge in [0.2, 0.25) is 0 Å². The zero-order valence-electron chi connectivity index (χ0n) is 13.0. The van der Waals surface area contributed by atoms with Crippen molar-refractivity contribution in [3.8, 4) is 0 Å². The first-order valence-corrected chi connectivity index (χ1v) is 7.48. The van der Waals surface area contributed by atoms with E-state index in [4.69, 9.17) is 0 Å². The third-order valence-corrected chi connectivity index (χ3v) is 3.65. The number of aryl methyl sites for hydroxylation is 1. The van der Waals surface area contributed by atoms with Crippen molar-refractivity contribution in [3.63, 3.8) is 0 Å². The average Bonchev–Trinajstić information content (AvgIpc) is 2.97. The Bertz CT molecular complexity index is 896. The number of aromatic nitrogens is 2. The smallest absolute Gasteiger partial charge is 0.255 e. The maximum atomic E-state index is 12.4. The van der Waals surface area contributed by atoms with Gasteiger partial charge in [-0.3, -0.25) is 9.59 Å². The van der Waals surface area contributed by atoms with E-state index < -0.39 is 0 Å². The lowest BCUT2D eigenvalue weighted by atomic mass is 10.1. The third kappa shape index (κ3) is 3.13. The summed E-state index contributed by atoms with van der Waals surface area (Å²) in [5, 5.41) is 2.81. The predicted molar refractivity (Wildman–Crippen MR) is 89.9 cm³/mol. The number of aromatic amines is 1. The Hall–Kier alpha value is -2.95. The molecule has 2 aromatic carbocycles. The minimum Gasteiger partial charge on any atom is -0.342 e. The summed E-state index contributed by atoms with van der Waals surface area (Å²) in [4.78, 5) is 31.4. The van der Waals surface area contributed by atoms with Crippen LogP contribution in [0.2, 0.25) is 0 Å². The molecule has 23 heavy (non-hydrogen) atoms. The van der Waals surface area contributed by atoms with Gasteiger partial charge in [0.25, 0.3) is 5.91 Å². The number of hydrogen-bond donors (Lipinski definition) is 2. The lowest BCUT2D eigenvalue weighted by Crippen LogP contribution is -2.12. The van der Waals surface area contributed by atoms with Crippen LogP contribution in [0.4, 0.5) is 5.69 Å². The van der Waals surface area contributed by atoms with Crippen molar-refractivity contribution in [2.24, 2.45) is 0 Å². The Kier molecular flexibility index (Phi) is 3.93. The molecule has 0 bridgehead atoms. The lowest BCUT2D eigenvalue weighted by molar-refractivity contribution is 0.101. The van der Waals surface area contributed by atoms with Crippen molar-refractivity contribution in [1.82, 2.24) is 9.97 Å². The van der Waals surface area contributed by atoms with Crippen LogP contribution < -0.4 is 5.32 Å². The molecule has 0 spiro atoms. The Labute approximate surface area is 133 Å². The van der Waals surface area contributed by atoms with Crippen LogP contribution in [0.15, 0.2) is 42.5 Å². The number of carbonyl (C=O) groups excluding carboxylic acids is 2. The molecule has 0 saturated heterocycles. The highest BCUT2D eigenvalue weighted by Crippen LogP contribution is 2.17. The van der Waals surface area contributed by atoms with Crippen LogP contribution in [0.5, 0.6) is 0 Å². The number of carbonyl (C=O) groups is 2. The molecule has 0 aliphatic heterocycles. The molecule has 0 saturated carbocycles. The van der Waals surface area contributed by atoms with Crippen molar-refractivity contribution in [2.75, 3.05) is 5.32 Å². The minimum atomic E-state index is -0.222. The fraction of sp³-hybridized carbons (Fsp3) is 0.167. The third-order valence-electron chi connectivity index (χ3n) is 3.65. The standard InChI is InChI=1S/C18H17N3O2/c1-3-17-20-15-8-7-13(10-16(15)21-17)18(23)19-14-6-4-5-12(9-14)11(2)22/h4-10H,3H2,1-2H3,(H,19,23)(H,20,21). The summed E-state index contributed by atoms with van der Waals surface area (Å²) < 4.78 is 0. The van der Waals surface area contributed by atoms with E-state index in [0.717, 1.165) is 23.3 Å². The second-order valence-electron chi connectivity index (χ2n) is 5.36. The van der Waals surface area contributed by atoms with E-state index in [0.29, 0.717) is 16.8 Å². The van der Waals surface area contributed by atoms with E-state index >= 15 is 0 Å². The Balaban J connectivity index is 1.85. The monoisotopic (exact) mass is 307 g/mol. The van der Waals surface area contributed by atoms with E-state index in [1.807, 2.05) is 13.0 Å². The molecule has 1 aromatic heterocycles. The Morgan fingerprint density at radius 2 is 1.96 bits per heavy atom. The van der Waals surface area contributed by atoms with Gasteiger partial charge in [-0.15, -0.1) is 0 Å². The van der Waals surface area contributed by atoms with Gasteiger partial charge in [-0.05, 0) is 37.3 Å². The number of nitrogens with one attached hydrogen (secondary N) is 2. The zero-order chi connectivity index (χ0) is 16.4. The van der Waals surface area contributed by atoms with Crippen LogP contribution >= 0.6 is 0 Å². The van der Waals surface area contributed by atoms with Gasteiger partial charge in [0.1, 0.15) is 5.82 Å². The number of benzene rings is 2. The molecule has 0 unspecified atom stereocenters. The largest absolute Gasteiger partial charge is 0.342 e. The summed E-state index contributed by atoms with van der Waals surface area (Å²) in [5.41, 5.74) is 3.39. The highest BCUT2D eigenvalue weighted by molar-refractivity contribution is 6.06. The molecule has 1 heterocycles. The summed E-state index contributed by atoms with van der Waals surface area (Å²) in [5.74, 6) is 0.638. The number of fused-ring (bicyclic) bond motifs is 1. The quantitative estimate of drug-likeness (QED) is 0.723. The molecule has 0 fully saturated rings. The summed E-state index contributed by atoms with van der Waals surface area (Å²) in [6.45, 7) is 3.52. The minimum absolute atomic E-state index is 0.0351. The van der Waals surface area contributed by atoms with Gasteiger partial charge >= 0.3 is 0 Å². The first-order valence-electron chi connectivity index (χ1n) is 7.48. The van der Waals surface area contributed by atoms with E-state index in [2.05, 4.69) is 15.3 Å². The van der Waals surface area contributed by atoms with Crippen LogP contribution in [0.1, 0.15) is 40.4 Å². The number of hydrogen-bond acceptors (Lipinski definition) is 3. The second kappa shape index (κ2) is 6.04. The molecular weight excluding hydrogens is 290 g/mol. The normalized spacial score (nSPS) is 10.7. The van der Waals surface area contributed by atoms with Crippen LogP contribution in [0, 0.1) is 0 Å². The zero-order valence-corrected chi connectivity index (χ0v) is 13.0. The van der Waals surface area contributed by atoms with Crippen LogP contribution in [0.3, 0.4) is 0 Å². The first-order chi connectivity index (χ1) is 11.1. The van der Waals surface area contributed by atoms with Crippen molar-refractivity contribution in [2.45, 2.75) is 20.3 Å². The molecule has 3 rings (SSSR count).